The Labute approximate surface area is 70.4 Å². The van der Waals surface area contributed by atoms with E-state index in [-0.39, 0.29) is 11.9 Å². The number of hydrogen-bond acceptors (Lipinski definition) is 3. The topological polar surface area (TPSA) is 86.9 Å². The molecule has 1 rings (SSSR count). The minimum absolute atomic E-state index is 0.310. The largest absolute Gasteiger partial charge is 0.368 e. The van der Waals surface area contributed by atoms with Crippen LogP contribution in [0.5, 0.6) is 0 Å². The molecule has 1 aromatic heterocycles. The molecule has 66 valence electrons. The molecule has 0 saturated carbocycles. The Morgan fingerprint density at radius 2 is 2.50 bits per heavy atom. The molecule has 0 fully saturated rings. The SMILES string of the molecule is CC(C(N)=O)n1ccnc1CN. The standard InChI is InChI=1S/C7H12N4O/c1-5(7(9)12)11-3-2-10-6(11)4-8/h2-3,5H,4,8H2,1H3,(H2,9,12). The lowest BCUT2D eigenvalue weighted by molar-refractivity contribution is -0.120. The van der Waals surface area contributed by atoms with Crippen LogP contribution in [0.25, 0.3) is 0 Å². The summed E-state index contributed by atoms with van der Waals surface area (Å²) in [5.41, 5.74) is 10.5. The van der Waals surface area contributed by atoms with Crippen LogP contribution in [0.1, 0.15) is 18.8 Å². The van der Waals surface area contributed by atoms with E-state index in [1.807, 2.05) is 0 Å². The predicted molar refractivity (Wildman–Crippen MR) is 44.0 cm³/mol. The Balaban J connectivity index is 2.93. The second-order valence-electron chi connectivity index (χ2n) is 2.53. The van der Waals surface area contributed by atoms with E-state index >= 15 is 0 Å². The van der Waals surface area contributed by atoms with Gasteiger partial charge in [-0.25, -0.2) is 4.98 Å². The molecule has 0 aliphatic heterocycles. The van der Waals surface area contributed by atoms with Gasteiger partial charge in [-0.2, -0.15) is 0 Å². The van der Waals surface area contributed by atoms with Crippen molar-refractivity contribution in [1.29, 1.82) is 0 Å². The molecule has 12 heavy (non-hydrogen) atoms. The molecule has 1 aromatic rings. The van der Waals surface area contributed by atoms with Gasteiger partial charge >= 0.3 is 0 Å². The van der Waals surface area contributed by atoms with Crippen molar-refractivity contribution < 1.29 is 4.79 Å². The third kappa shape index (κ3) is 1.45. The van der Waals surface area contributed by atoms with Gasteiger partial charge in [0.15, 0.2) is 0 Å². The summed E-state index contributed by atoms with van der Waals surface area (Å²) in [6.45, 7) is 2.02. The molecule has 0 radical (unpaired) electrons. The van der Waals surface area contributed by atoms with Crippen molar-refractivity contribution in [3.63, 3.8) is 0 Å². The Morgan fingerprint density at radius 3 is 3.00 bits per heavy atom. The molecule has 0 aromatic carbocycles. The van der Waals surface area contributed by atoms with E-state index in [0.29, 0.717) is 12.4 Å². The molecular weight excluding hydrogens is 156 g/mol. The molecule has 4 N–H and O–H groups in total. The van der Waals surface area contributed by atoms with E-state index in [1.165, 1.54) is 0 Å². The number of rotatable bonds is 3. The fourth-order valence-corrected chi connectivity index (χ4v) is 0.992. The average molecular weight is 168 g/mol. The maximum Gasteiger partial charge on any atom is 0.240 e. The van der Waals surface area contributed by atoms with Crippen LogP contribution in [0.15, 0.2) is 12.4 Å². The zero-order valence-corrected chi connectivity index (χ0v) is 6.90. The molecule has 1 atom stereocenters. The van der Waals surface area contributed by atoms with E-state index in [1.54, 1.807) is 23.9 Å². The van der Waals surface area contributed by atoms with Crippen molar-refractivity contribution >= 4 is 5.91 Å². The van der Waals surface area contributed by atoms with Crippen LogP contribution in [0.4, 0.5) is 0 Å². The molecule has 0 aliphatic rings. The van der Waals surface area contributed by atoms with Crippen LogP contribution in [-0.4, -0.2) is 15.5 Å². The summed E-state index contributed by atoms with van der Waals surface area (Å²) in [6.07, 6.45) is 3.29. The highest BCUT2D eigenvalue weighted by molar-refractivity contribution is 5.77. The van der Waals surface area contributed by atoms with Crippen molar-refractivity contribution in [1.82, 2.24) is 9.55 Å². The first-order chi connectivity index (χ1) is 5.66. The highest BCUT2D eigenvalue weighted by Crippen LogP contribution is 2.07. The fourth-order valence-electron chi connectivity index (χ4n) is 0.992. The fraction of sp³-hybridized carbons (Fsp3) is 0.429. The van der Waals surface area contributed by atoms with Crippen LogP contribution in [0, 0.1) is 0 Å². The van der Waals surface area contributed by atoms with Crippen LogP contribution >= 0.6 is 0 Å². The van der Waals surface area contributed by atoms with Gasteiger partial charge in [-0.3, -0.25) is 4.79 Å². The maximum absolute atomic E-state index is 10.8. The molecule has 5 nitrogen and oxygen atoms in total. The van der Waals surface area contributed by atoms with Gasteiger partial charge in [0.2, 0.25) is 5.91 Å². The number of hydrogen-bond donors (Lipinski definition) is 2. The summed E-state index contributed by atoms with van der Waals surface area (Å²) in [6, 6.07) is -0.383. The van der Waals surface area contributed by atoms with Crippen molar-refractivity contribution in [3.05, 3.63) is 18.2 Å². The van der Waals surface area contributed by atoms with Crippen molar-refractivity contribution in [2.45, 2.75) is 19.5 Å². The number of carbonyl (C=O) groups is 1. The highest BCUT2D eigenvalue weighted by atomic mass is 16.1. The van der Waals surface area contributed by atoms with Gasteiger partial charge in [-0.15, -0.1) is 0 Å². The van der Waals surface area contributed by atoms with E-state index < -0.39 is 0 Å². The Kier molecular flexibility index (Phi) is 2.44. The maximum atomic E-state index is 10.8. The van der Waals surface area contributed by atoms with Gasteiger partial charge in [0.05, 0.1) is 6.54 Å². The lowest BCUT2D eigenvalue weighted by Gasteiger charge is -2.11. The first-order valence-electron chi connectivity index (χ1n) is 3.68. The second kappa shape index (κ2) is 3.36. The summed E-state index contributed by atoms with van der Waals surface area (Å²) < 4.78 is 1.67. The lowest BCUT2D eigenvalue weighted by Crippen LogP contribution is -2.25. The van der Waals surface area contributed by atoms with Crippen LogP contribution in [0.2, 0.25) is 0 Å². The highest BCUT2D eigenvalue weighted by Gasteiger charge is 2.12. The third-order valence-corrected chi connectivity index (χ3v) is 1.76. The van der Waals surface area contributed by atoms with Gasteiger partial charge in [-0.05, 0) is 6.92 Å². The predicted octanol–water partition coefficient (Wildman–Crippen LogP) is -0.612. The van der Waals surface area contributed by atoms with Crippen molar-refractivity contribution in [3.8, 4) is 0 Å². The van der Waals surface area contributed by atoms with Crippen LogP contribution in [-0.2, 0) is 11.3 Å². The second-order valence-corrected chi connectivity index (χ2v) is 2.53. The summed E-state index contributed by atoms with van der Waals surface area (Å²) in [7, 11) is 0. The van der Waals surface area contributed by atoms with E-state index in [0.717, 1.165) is 0 Å². The molecule has 1 unspecified atom stereocenters. The quantitative estimate of drug-likeness (QED) is 0.631. The summed E-state index contributed by atoms with van der Waals surface area (Å²) >= 11 is 0. The zero-order valence-electron chi connectivity index (χ0n) is 6.90. The molecule has 5 heteroatoms. The molecule has 0 spiro atoms. The molecule has 1 amide bonds. The van der Waals surface area contributed by atoms with Crippen molar-refractivity contribution in [2.75, 3.05) is 0 Å². The first-order valence-corrected chi connectivity index (χ1v) is 3.68. The van der Waals surface area contributed by atoms with E-state index in [2.05, 4.69) is 4.98 Å². The molecule has 0 bridgehead atoms. The average Bonchev–Trinajstić information content (AvgIpc) is 2.49. The van der Waals surface area contributed by atoms with Gasteiger partial charge in [0.25, 0.3) is 0 Å². The zero-order chi connectivity index (χ0) is 9.14. The Bertz CT molecular complexity index is 281. The first kappa shape index (κ1) is 8.73. The minimum atomic E-state index is -0.386. The smallest absolute Gasteiger partial charge is 0.240 e. The normalized spacial score (nSPS) is 12.8. The van der Waals surface area contributed by atoms with Gasteiger partial charge in [-0.1, -0.05) is 0 Å². The lowest BCUT2D eigenvalue weighted by atomic mass is 10.3. The summed E-state index contributed by atoms with van der Waals surface area (Å²) in [4.78, 5) is 14.8. The molecule has 0 aliphatic carbocycles. The minimum Gasteiger partial charge on any atom is -0.368 e. The number of nitrogens with zero attached hydrogens (tertiary/aromatic N) is 2. The number of primary amides is 1. The number of imidazole rings is 1. The number of carbonyl (C=O) groups excluding carboxylic acids is 1. The number of amides is 1. The molecule has 0 saturated heterocycles. The van der Waals surface area contributed by atoms with Crippen LogP contribution < -0.4 is 11.5 Å². The molecule has 1 heterocycles. The van der Waals surface area contributed by atoms with Gasteiger partial charge in [0, 0.05) is 12.4 Å². The van der Waals surface area contributed by atoms with Crippen LogP contribution in [0.3, 0.4) is 0 Å². The summed E-state index contributed by atoms with van der Waals surface area (Å²) in [5, 5.41) is 0. The Hall–Kier alpha value is -1.36. The molecular formula is C7H12N4O. The van der Waals surface area contributed by atoms with E-state index in [4.69, 9.17) is 11.5 Å². The summed E-state index contributed by atoms with van der Waals surface area (Å²) in [5.74, 6) is 0.281. The number of nitrogens with two attached hydrogens (primary N) is 2. The number of aromatic nitrogens is 2. The van der Waals surface area contributed by atoms with E-state index in [9.17, 15) is 4.79 Å². The Morgan fingerprint density at radius 1 is 1.83 bits per heavy atom. The van der Waals surface area contributed by atoms with Crippen molar-refractivity contribution in [2.24, 2.45) is 11.5 Å². The third-order valence-electron chi connectivity index (χ3n) is 1.76. The van der Waals surface area contributed by atoms with Gasteiger partial charge in [0.1, 0.15) is 11.9 Å². The van der Waals surface area contributed by atoms with Gasteiger partial charge < -0.3 is 16.0 Å². The monoisotopic (exact) mass is 168 g/mol.